The zero-order valence-corrected chi connectivity index (χ0v) is 20.9. The summed E-state index contributed by atoms with van der Waals surface area (Å²) in [6, 6.07) is 21.2. The van der Waals surface area contributed by atoms with Crippen molar-refractivity contribution in [3.63, 3.8) is 0 Å². The van der Waals surface area contributed by atoms with Crippen molar-refractivity contribution in [2.75, 3.05) is 6.54 Å². The first-order valence-corrected chi connectivity index (χ1v) is 12.3. The van der Waals surface area contributed by atoms with Crippen LogP contribution in [-0.2, 0) is 27.4 Å². The summed E-state index contributed by atoms with van der Waals surface area (Å²) in [5.41, 5.74) is 0.553. The summed E-state index contributed by atoms with van der Waals surface area (Å²) < 4.78 is 5.66. The smallest absolute Gasteiger partial charge is 0.408 e. The van der Waals surface area contributed by atoms with Crippen molar-refractivity contribution in [2.45, 2.75) is 64.3 Å². The zero-order chi connectivity index (χ0) is 26.0. The standard InChI is InChI=1S/C28H34N4O4/c1-21(2)17-24(36-27(35)31-18-22-9-5-3-6-10-22)26(34)32(19-23-11-7-4-8-12-23)28(20-29)14-13-25(33)30-16-15-28/h3-12,21,24H,13-19H2,1-2H3,(H,30,33)(H,31,35). The lowest BCUT2D eigenvalue weighted by molar-refractivity contribution is -0.147. The minimum atomic E-state index is -1.20. The summed E-state index contributed by atoms with van der Waals surface area (Å²) in [6.07, 6.45) is -0.811. The SMILES string of the molecule is CC(C)CC(OC(=O)NCc1ccccc1)C(=O)N(Cc1ccccc1)C1(C#N)CCNC(=O)CC1. The lowest BCUT2D eigenvalue weighted by Gasteiger charge is -2.40. The molecule has 1 saturated heterocycles. The van der Waals surface area contributed by atoms with Crippen LogP contribution in [0.4, 0.5) is 4.79 Å². The van der Waals surface area contributed by atoms with Crippen LogP contribution in [0.2, 0.25) is 0 Å². The van der Waals surface area contributed by atoms with Crippen LogP contribution in [0, 0.1) is 17.2 Å². The molecule has 0 spiro atoms. The summed E-state index contributed by atoms with van der Waals surface area (Å²) in [5, 5.41) is 15.8. The second kappa shape index (κ2) is 12.7. The highest BCUT2D eigenvalue weighted by Gasteiger charge is 2.44. The number of alkyl carbamates (subject to hydrolysis) is 1. The number of hydrogen-bond acceptors (Lipinski definition) is 5. The predicted molar refractivity (Wildman–Crippen MR) is 135 cm³/mol. The van der Waals surface area contributed by atoms with Crippen molar-refractivity contribution in [1.82, 2.24) is 15.5 Å². The lowest BCUT2D eigenvalue weighted by Crippen LogP contribution is -2.55. The van der Waals surface area contributed by atoms with E-state index in [1.54, 1.807) is 0 Å². The van der Waals surface area contributed by atoms with Crippen molar-refractivity contribution in [3.05, 3.63) is 71.8 Å². The van der Waals surface area contributed by atoms with Gasteiger partial charge in [0.15, 0.2) is 6.10 Å². The predicted octanol–water partition coefficient (Wildman–Crippen LogP) is 3.92. The molecular formula is C28H34N4O4. The maximum atomic E-state index is 14.0. The highest BCUT2D eigenvalue weighted by molar-refractivity contribution is 5.85. The summed E-state index contributed by atoms with van der Waals surface area (Å²) in [4.78, 5) is 40.3. The molecule has 1 aliphatic heterocycles. The molecule has 0 radical (unpaired) electrons. The van der Waals surface area contributed by atoms with Gasteiger partial charge < -0.3 is 20.3 Å². The van der Waals surface area contributed by atoms with Gasteiger partial charge in [-0.3, -0.25) is 9.59 Å². The van der Waals surface area contributed by atoms with E-state index < -0.39 is 23.6 Å². The largest absolute Gasteiger partial charge is 0.436 e. The van der Waals surface area contributed by atoms with Crippen LogP contribution in [0.15, 0.2) is 60.7 Å². The normalized spacial score (nSPS) is 18.3. The fourth-order valence-corrected chi connectivity index (χ4v) is 4.33. The minimum Gasteiger partial charge on any atom is -0.436 e. The molecule has 2 aromatic carbocycles. The van der Waals surface area contributed by atoms with Crippen molar-refractivity contribution in [2.24, 2.45) is 5.92 Å². The average Bonchev–Trinajstić information content (AvgIpc) is 3.08. The molecule has 0 aromatic heterocycles. The molecule has 0 aliphatic carbocycles. The molecule has 1 aliphatic rings. The third-order valence-electron chi connectivity index (χ3n) is 6.29. The molecule has 3 amide bonds. The van der Waals surface area contributed by atoms with Gasteiger partial charge in [0.25, 0.3) is 5.91 Å². The van der Waals surface area contributed by atoms with E-state index in [1.807, 2.05) is 74.5 Å². The Morgan fingerprint density at radius 1 is 1.08 bits per heavy atom. The van der Waals surface area contributed by atoms with Crippen molar-refractivity contribution in [1.29, 1.82) is 5.26 Å². The number of carbonyl (C=O) groups is 3. The van der Waals surface area contributed by atoms with Gasteiger partial charge in [-0.05, 0) is 29.9 Å². The summed E-state index contributed by atoms with van der Waals surface area (Å²) in [6.45, 7) is 4.62. The molecule has 36 heavy (non-hydrogen) atoms. The van der Waals surface area contributed by atoms with Crippen molar-refractivity contribution >= 4 is 17.9 Å². The molecule has 0 bridgehead atoms. The molecule has 8 heteroatoms. The van der Waals surface area contributed by atoms with Crippen LogP contribution in [0.5, 0.6) is 0 Å². The van der Waals surface area contributed by atoms with Gasteiger partial charge >= 0.3 is 6.09 Å². The Morgan fingerprint density at radius 3 is 2.33 bits per heavy atom. The van der Waals surface area contributed by atoms with Crippen molar-refractivity contribution in [3.8, 4) is 6.07 Å². The van der Waals surface area contributed by atoms with E-state index in [9.17, 15) is 19.6 Å². The number of nitrogens with zero attached hydrogens (tertiary/aromatic N) is 2. The maximum Gasteiger partial charge on any atom is 0.408 e. The number of hydrogen-bond donors (Lipinski definition) is 2. The van der Waals surface area contributed by atoms with Crippen LogP contribution in [-0.4, -0.2) is 41.0 Å². The van der Waals surface area contributed by atoms with Gasteiger partial charge in [-0.25, -0.2) is 4.79 Å². The third-order valence-corrected chi connectivity index (χ3v) is 6.29. The Balaban J connectivity index is 1.86. The molecule has 2 unspecified atom stereocenters. The summed E-state index contributed by atoms with van der Waals surface area (Å²) >= 11 is 0. The number of rotatable bonds is 9. The van der Waals surface area contributed by atoms with Crippen LogP contribution in [0.3, 0.4) is 0 Å². The van der Waals surface area contributed by atoms with Crippen LogP contribution < -0.4 is 10.6 Å². The molecule has 2 N–H and O–H groups in total. The topological polar surface area (TPSA) is 112 Å². The second-order valence-corrected chi connectivity index (χ2v) is 9.52. The lowest BCUT2D eigenvalue weighted by atomic mass is 9.88. The first-order valence-electron chi connectivity index (χ1n) is 12.3. The van der Waals surface area contributed by atoms with E-state index in [2.05, 4.69) is 16.7 Å². The first-order chi connectivity index (χ1) is 17.3. The van der Waals surface area contributed by atoms with Gasteiger partial charge in [0.2, 0.25) is 5.91 Å². The Bertz CT molecular complexity index is 1070. The zero-order valence-electron chi connectivity index (χ0n) is 20.9. The molecule has 3 rings (SSSR count). The van der Waals surface area contributed by atoms with E-state index >= 15 is 0 Å². The average molecular weight is 491 g/mol. The van der Waals surface area contributed by atoms with Gasteiger partial charge in [-0.15, -0.1) is 0 Å². The van der Waals surface area contributed by atoms with Crippen LogP contribution in [0.25, 0.3) is 0 Å². The van der Waals surface area contributed by atoms with Crippen molar-refractivity contribution < 1.29 is 19.1 Å². The second-order valence-electron chi connectivity index (χ2n) is 9.52. The maximum absolute atomic E-state index is 14.0. The van der Waals surface area contributed by atoms with E-state index in [4.69, 9.17) is 4.74 Å². The van der Waals surface area contributed by atoms with Gasteiger partial charge in [-0.2, -0.15) is 5.26 Å². The van der Waals surface area contributed by atoms with E-state index in [-0.39, 0.29) is 44.3 Å². The van der Waals surface area contributed by atoms with E-state index in [1.165, 1.54) is 4.90 Å². The van der Waals surface area contributed by atoms with Gasteiger partial charge in [0.05, 0.1) is 6.07 Å². The van der Waals surface area contributed by atoms with E-state index in [0.717, 1.165) is 11.1 Å². The quantitative estimate of drug-likeness (QED) is 0.553. The number of amides is 3. The summed E-state index contributed by atoms with van der Waals surface area (Å²) in [5.74, 6) is -0.511. The molecule has 190 valence electrons. The Labute approximate surface area is 212 Å². The van der Waals surface area contributed by atoms with Gasteiger partial charge in [0, 0.05) is 32.5 Å². The Kier molecular flexibility index (Phi) is 9.46. The number of carbonyl (C=O) groups excluding carboxylic acids is 3. The van der Waals surface area contributed by atoms with Crippen LogP contribution >= 0.6 is 0 Å². The Hall–Kier alpha value is -3.86. The van der Waals surface area contributed by atoms with E-state index in [0.29, 0.717) is 12.8 Å². The highest BCUT2D eigenvalue weighted by atomic mass is 16.6. The fraction of sp³-hybridized carbons (Fsp3) is 0.429. The highest BCUT2D eigenvalue weighted by Crippen LogP contribution is 2.31. The van der Waals surface area contributed by atoms with Crippen LogP contribution in [0.1, 0.15) is 50.7 Å². The molecule has 8 nitrogen and oxygen atoms in total. The molecule has 1 heterocycles. The number of ether oxygens (including phenoxy) is 1. The monoisotopic (exact) mass is 490 g/mol. The fourth-order valence-electron chi connectivity index (χ4n) is 4.33. The molecular weight excluding hydrogens is 456 g/mol. The Morgan fingerprint density at radius 2 is 1.72 bits per heavy atom. The molecule has 2 aromatic rings. The molecule has 2 atom stereocenters. The van der Waals surface area contributed by atoms with Gasteiger partial charge in [0.1, 0.15) is 5.54 Å². The van der Waals surface area contributed by atoms with Gasteiger partial charge in [-0.1, -0.05) is 74.5 Å². The number of nitrogens with one attached hydrogen (secondary N) is 2. The number of nitriles is 1. The molecule has 1 fully saturated rings. The molecule has 0 saturated carbocycles. The third kappa shape index (κ3) is 7.32. The minimum absolute atomic E-state index is 0.0647. The first kappa shape index (κ1) is 26.7. The summed E-state index contributed by atoms with van der Waals surface area (Å²) in [7, 11) is 0. The number of benzene rings is 2.